The normalized spacial score (nSPS) is 10.4. The fraction of sp³-hybridized carbons (Fsp3) is 0.167. The Morgan fingerprint density at radius 1 is 0.833 bits per heavy atom. The predicted octanol–water partition coefficient (Wildman–Crippen LogP) is 5.00. The summed E-state index contributed by atoms with van der Waals surface area (Å²) in [5.41, 5.74) is 2.91. The Hall–Kier alpha value is -2.96. The van der Waals surface area contributed by atoms with Crippen molar-refractivity contribution >= 4 is 33.3 Å². The molecule has 0 saturated heterocycles. The van der Waals surface area contributed by atoms with Crippen molar-refractivity contribution in [3.63, 3.8) is 0 Å². The molecule has 0 fully saturated rings. The first-order valence-corrected chi connectivity index (χ1v) is 10.6. The Balaban J connectivity index is 1.66. The molecule has 3 rings (SSSR count). The number of halogens is 1. The van der Waals surface area contributed by atoms with Crippen LogP contribution in [0.5, 0.6) is 5.75 Å². The summed E-state index contributed by atoms with van der Waals surface area (Å²) in [5.74, 6) is 0.0840. The molecule has 154 valence electrons. The number of Topliss-reactive ketones (excluding diaryl/α,β-unsaturated/α-hetero) is 1. The third-order valence-corrected chi connectivity index (χ3v) is 4.79. The Morgan fingerprint density at radius 2 is 1.47 bits per heavy atom. The van der Waals surface area contributed by atoms with Gasteiger partial charge in [-0.25, -0.2) is 0 Å². The van der Waals surface area contributed by atoms with Gasteiger partial charge < -0.3 is 14.8 Å². The minimum atomic E-state index is -0.320. The molecule has 30 heavy (non-hydrogen) atoms. The molecule has 3 aromatic carbocycles. The topological polar surface area (TPSA) is 64.6 Å². The quantitative estimate of drug-likeness (QED) is 0.336. The summed E-state index contributed by atoms with van der Waals surface area (Å²) in [7, 11) is 0. The molecule has 0 radical (unpaired) electrons. The SMILES string of the molecule is O=C(COCc1ccccc1)Nc1cc(C(=O)CBr)ccc1OCc1ccccc1. The zero-order valence-corrected chi connectivity index (χ0v) is 17.9. The molecule has 0 unspecified atom stereocenters. The maximum Gasteiger partial charge on any atom is 0.250 e. The van der Waals surface area contributed by atoms with Crippen LogP contribution < -0.4 is 10.1 Å². The lowest BCUT2D eigenvalue weighted by Gasteiger charge is -2.14. The van der Waals surface area contributed by atoms with E-state index in [0.717, 1.165) is 11.1 Å². The molecule has 0 aromatic heterocycles. The first kappa shape index (κ1) is 21.7. The molecule has 6 heteroatoms. The van der Waals surface area contributed by atoms with Crippen LogP contribution in [-0.2, 0) is 22.7 Å². The third-order valence-electron chi connectivity index (χ3n) is 4.28. The van der Waals surface area contributed by atoms with Gasteiger partial charge in [0, 0.05) is 5.56 Å². The van der Waals surface area contributed by atoms with Crippen molar-refractivity contribution in [1.82, 2.24) is 0 Å². The fourth-order valence-electron chi connectivity index (χ4n) is 2.76. The molecule has 0 atom stereocenters. The van der Waals surface area contributed by atoms with Gasteiger partial charge in [0.25, 0.3) is 0 Å². The van der Waals surface area contributed by atoms with Gasteiger partial charge in [0.2, 0.25) is 5.91 Å². The zero-order valence-electron chi connectivity index (χ0n) is 16.3. The number of ketones is 1. The minimum absolute atomic E-state index is 0.0829. The molecule has 0 heterocycles. The molecule has 0 aliphatic carbocycles. The molecule has 0 spiro atoms. The van der Waals surface area contributed by atoms with Crippen LogP contribution in [0.3, 0.4) is 0 Å². The van der Waals surface area contributed by atoms with Gasteiger partial charge in [0.15, 0.2) is 5.78 Å². The summed E-state index contributed by atoms with van der Waals surface area (Å²) in [6, 6.07) is 24.3. The Morgan fingerprint density at radius 3 is 2.10 bits per heavy atom. The van der Waals surface area contributed by atoms with Crippen molar-refractivity contribution in [3.8, 4) is 5.75 Å². The highest BCUT2D eigenvalue weighted by atomic mass is 79.9. The molecule has 1 N–H and O–H groups in total. The molecule has 0 aliphatic rings. The van der Waals surface area contributed by atoms with Crippen molar-refractivity contribution in [1.29, 1.82) is 0 Å². The van der Waals surface area contributed by atoms with E-state index < -0.39 is 0 Å². The molecule has 1 amide bonds. The molecule has 5 nitrogen and oxygen atoms in total. The molecular weight excluding hydrogens is 446 g/mol. The molecule has 0 bridgehead atoms. The van der Waals surface area contributed by atoms with E-state index in [0.29, 0.717) is 30.2 Å². The van der Waals surface area contributed by atoms with E-state index in [2.05, 4.69) is 21.2 Å². The maximum atomic E-state index is 12.4. The average molecular weight is 468 g/mol. The van der Waals surface area contributed by atoms with Crippen LogP contribution >= 0.6 is 15.9 Å². The predicted molar refractivity (Wildman–Crippen MR) is 120 cm³/mol. The lowest BCUT2D eigenvalue weighted by molar-refractivity contribution is -0.121. The number of amides is 1. The number of carbonyl (C=O) groups is 2. The van der Waals surface area contributed by atoms with E-state index in [-0.39, 0.29) is 23.6 Å². The monoisotopic (exact) mass is 467 g/mol. The van der Waals surface area contributed by atoms with Gasteiger partial charge in [-0.15, -0.1) is 0 Å². The van der Waals surface area contributed by atoms with Crippen LogP contribution in [0, 0.1) is 0 Å². The van der Waals surface area contributed by atoms with Gasteiger partial charge in [0.1, 0.15) is 19.0 Å². The molecular formula is C24H22BrNO4. The van der Waals surface area contributed by atoms with Gasteiger partial charge >= 0.3 is 0 Å². The lowest BCUT2D eigenvalue weighted by atomic mass is 10.1. The van der Waals surface area contributed by atoms with Crippen LogP contribution in [0.25, 0.3) is 0 Å². The van der Waals surface area contributed by atoms with Crippen LogP contribution in [0.2, 0.25) is 0 Å². The van der Waals surface area contributed by atoms with Gasteiger partial charge in [-0.1, -0.05) is 76.6 Å². The second-order valence-corrected chi connectivity index (χ2v) is 7.13. The van der Waals surface area contributed by atoms with E-state index in [9.17, 15) is 9.59 Å². The summed E-state index contributed by atoms with van der Waals surface area (Å²) >= 11 is 3.17. The minimum Gasteiger partial charge on any atom is -0.487 e. The highest BCUT2D eigenvalue weighted by molar-refractivity contribution is 9.09. The van der Waals surface area contributed by atoms with E-state index >= 15 is 0 Å². The Kier molecular flexibility index (Phi) is 8.18. The second-order valence-electron chi connectivity index (χ2n) is 6.57. The summed E-state index contributed by atoms with van der Waals surface area (Å²) in [6.45, 7) is 0.581. The van der Waals surface area contributed by atoms with Gasteiger partial charge in [0.05, 0.1) is 17.6 Å². The number of ether oxygens (including phenoxy) is 2. The summed E-state index contributed by atoms with van der Waals surface area (Å²) in [4.78, 5) is 24.4. The first-order valence-electron chi connectivity index (χ1n) is 9.47. The van der Waals surface area contributed by atoms with Crippen LogP contribution in [0.4, 0.5) is 5.69 Å². The van der Waals surface area contributed by atoms with Crippen molar-refractivity contribution in [3.05, 3.63) is 95.6 Å². The summed E-state index contributed by atoms with van der Waals surface area (Å²) in [6.07, 6.45) is 0. The molecule has 3 aromatic rings. The van der Waals surface area contributed by atoms with E-state index in [1.807, 2.05) is 60.7 Å². The number of hydrogen-bond acceptors (Lipinski definition) is 4. The number of hydrogen-bond donors (Lipinski definition) is 1. The molecule has 0 saturated carbocycles. The largest absolute Gasteiger partial charge is 0.487 e. The fourth-order valence-corrected chi connectivity index (χ4v) is 3.09. The van der Waals surface area contributed by atoms with Crippen LogP contribution in [0.1, 0.15) is 21.5 Å². The number of carbonyl (C=O) groups excluding carboxylic acids is 2. The zero-order chi connectivity index (χ0) is 21.2. The van der Waals surface area contributed by atoms with Crippen molar-refractivity contribution in [2.24, 2.45) is 0 Å². The van der Waals surface area contributed by atoms with Crippen molar-refractivity contribution in [2.45, 2.75) is 13.2 Å². The van der Waals surface area contributed by atoms with Crippen LogP contribution in [-0.4, -0.2) is 23.6 Å². The summed E-state index contributed by atoms with van der Waals surface area (Å²) in [5, 5.41) is 3.00. The highest BCUT2D eigenvalue weighted by Crippen LogP contribution is 2.27. The number of benzene rings is 3. The highest BCUT2D eigenvalue weighted by Gasteiger charge is 2.13. The number of rotatable bonds is 10. The second kappa shape index (κ2) is 11.3. The lowest BCUT2D eigenvalue weighted by Crippen LogP contribution is -2.19. The number of anilines is 1. The van der Waals surface area contributed by atoms with E-state index in [1.54, 1.807) is 18.2 Å². The van der Waals surface area contributed by atoms with Gasteiger partial charge in [-0.2, -0.15) is 0 Å². The number of alkyl halides is 1. The smallest absolute Gasteiger partial charge is 0.250 e. The average Bonchev–Trinajstić information content (AvgIpc) is 2.79. The Bertz CT molecular complexity index is 977. The molecule has 0 aliphatic heterocycles. The first-order chi connectivity index (χ1) is 14.7. The summed E-state index contributed by atoms with van der Waals surface area (Å²) < 4.78 is 11.4. The maximum absolute atomic E-state index is 12.4. The Labute approximate surface area is 184 Å². The van der Waals surface area contributed by atoms with E-state index in [1.165, 1.54) is 0 Å². The van der Waals surface area contributed by atoms with Crippen molar-refractivity contribution < 1.29 is 19.1 Å². The van der Waals surface area contributed by atoms with Gasteiger partial charge in [-0.05, 0) is 29.3 Å². The van der Waals surface area contributed by atoms with Crippen LogP contribution in [0.15, 0.2) is 78.9 Å². The number of nitrogens with one attached hydrogen (secondary N) is 1. The van der Waals surface area contributed by atoms with Crippen molar-refractivity contribution in [2.75, 3.05) is 17.3 Å². The van der Waals surface area contributed by atoms with Gasteiger partial charge in [-0.3, -0.25) is 9.59 Å². The van der Waals surface area contributed by atoms with E-state index in [4.69, 9.17) is 9.47 Å². The standard InChI is InChI=1S/C24H22BrNO4/c25-14-22(27)20-11-12-23(30-16-19-9-5-2-6-10-19)21(13-20)26-24(28)17-29-15-18-7-3-1-4-8-18/h1-13H,14-17H2,(H,26,28). The third kappa shape index (κ3) is 6.54.